The van der Waals surface area contributed by atoms with Crippen molar-refractivity contribution in [2.45, 2.75) is 0 Å². The number of allylic oxidation sites excluding steroid dienone is 1. The van der Waals surface area contributed by atoms with Gasteiger partial charge in [0.15, 0.2) is 0 Å². The first-order valence-corrected chi connectivity index (χ1v) is 4.15. The quantitative estimate of drug-likeness (QED) is 0.647. The van der Waals surface area contributed by atoms with Gasteiger partial charge in [-0.05, 0) is 4.99 Å². The van der Waals surface area contributed by atoms with Gasteiger partial charge in [0, 0.05) is 9.81 Å². The van der Waals surface area contributed by atoms with Crippen molar-refractivity contribution in [2.75, 3.05) is 5.33 Å². The van der Waals surface area contributed by atoms with E-state index in [0.29, 0.717) is 0 Å². The molecule has 0 amide bonds. The molecular formula is C3H3Br3. The van der Waals surface area contributed by atoms with Crippen molar-refractivity contribution in [3.63, 3.8) is 0 Å². The Labute approximate surface area is 62.4 Å². The highest BCUT2D eigenvalue weighted by atomic mass is 79.9. The molecule has 0 spiro atoms. The van der Waals surface area contributed by atoms with E-state index in [0.717, 1.165) is 9.81 Å². The van der Waals surface area contributed by atoms with Crippen LogP contribution in [0.1, 0.15) is 0 Å². The third kappa shape index (κ3) is 3.37. The lowest BCUT2D eigenvalue weighted by Crippen LogP contribution is -1.61. The molecule has 6 heavy (non-hydrogen) atoms. The van der Waals surface area contributed by atoms with Crippen LogP contribution in [0.2, 0.25) is 0 Å². The topological polar surface area (TPSA) is 0 Å². The fourth-order valence-corrected chi connectivity index (χ4v) is 0.787. The third-order valence-corrected chi connectivity index (χ3v) is 3.28. The molecule has 0 aromatic rings. The van der Waals surface area contributed by atoms with Crippen LogP contribution in [0.25, 0.3) is 0 Å². The molecule has 0 fully saturated rings. The second kappa shape index (κ2) is 4.34. The first-order chi connectivity index (χ1) is 2.81. The molecule has 0 N–H and O–H groups in total. The number of rotatable bonds is 1. The molecule has 0 atom stereocenters. The fourth-order valence-electron chi connectivity index (χ4n) is 0.0292. The van der Waals surface area contributed by atoms with Crippen LogP contribution in [0, 0.1) is 0 Å². The number of alkyl halides is 1. The summed E-state index contributed by atoms with van der Waals surface area (Å²) in [6.45, 7) is 0. The molecule has 0 aliphatic carbocycles. The normalized spacial score (nSPS) is 12.2. The lowest BCUT2D eigenvalue weighted by molar-refractivity contribution is 1.81. The summed E-state index contributed by atoms with van der Waals surface area (Å²) in [5, 5.41) is 0.873. The van der Waals surface area contributed by atoms with E-state index in [1.807, 2.05) is 4.99 Å². The van der Waals surface area contributed by atoms with Gasteiger partial charge in [-0.15, -0.1) is 0 Å². The number of halogens is 3. The first-order valence-electron chi connectivity index (χ1n) is 1.32. The van der Waals surface area contributed by atoms with Crippen molar-refractivity contribution >= 4 is 47.8 Å². The largest absolute Gasteiger partial charge is 0.0870 e. The summed E-state index contributed by atoms with van der Waals surface area (Å²) in [6, 6.07) is 0. The van der Waals surface area contributed by atoms with E-state index in [9.17, 15) is 0 Å². The van der Waals surface area contributed by atoms with Gasteiger partial charge in [-0.3, -0.25) is 0 Å². The second-order valence-corrected chi connectivity index (χ2v) is 2.73. The molecule has 0 aromatic heterocycles. The fraction of sp³-hybridized carbons (Fsp3) is 0.333. The van der Waals surface area contributed by atoms with Gasteiger partial charge in [0.1, 0.15) is 0 Å². The van der Waals surface area contributed by atoms with Gasteiger partial charge in [-0.2, -0.15) is 0 Å². The van der Waals surface area contributed by atoms with Crippen LogP contribution in [-0.4, -0.2) is 5.33 Å². The van der Waals surface area contributed by atoms with Gasteiger partial charge in [0.2, 0.25) is 0 Å². The van der Waals surface area contributed by atoms with E-state index in [2.05, 4.69) is 47.8 Å². The van der Waals surface area contributed by atoms with Crippen molar-refractivity contribution in [1.29, 1.82) is 0 Å². The second-order valence-electron chi connectivity index (χ2n) is 0.690. The van der Waals surface area contributed by atoms with Gasteiger partial charge in [0.25, 0.3) is 0 Å². The summed E-state index contributed by atoms with van der Waals surface area (Å²) in [5.74, 6) is 0. The molecule has 0 nitrogen and oxygen atoms in total. The van der Waals surface area contributed by atoms with Gasteiger partial charge in [-0.25, -0.2) is 0 Å². The molecule has 0 aromatic carbocycles. The smallest absolute Gasteiger partial charge is 0.0354 e. The highest BCUT2D eigenvalue weighted by Crippen LogP contribution is 2.09. The molecule has 0 radical (unpaired) electrons. The minimum atomic E-state index is 0.873. The Morgan fingerprint density at radius 3 is 2.17 bits per heavy atom. The highest BCUT2D eigenvalue weighted by molar-refractivity contribution is 9.15. The van der Waals surface area contributed by atoms with Gasteiger partial charge in [-0.1, -0.05) is 47.8 Å². The van der Waals surface area contributed by atoms with Crippen molar-refractivity contribution in [2.24, 2.45) is 0 Å². The van der Waals surface area contributed by atoms with E-state index >= 15 is 0 Å². The maximum atomic E-state index is 3.24. The minimum Gasteiger partial charge on any atom is -0.0870 e. The van der Waals surface area contributed by atoms with Crippen LogP contribution in [0.15, 0.2) is 9.47 Å². The van der Waals surface area contributed by atoms with Crippen LogP contribution >= 0.6 is 47.8 Å². The predicted octanol–water partition coefficient (Wildman–Crippen LogP) is 3.01. The Hall–Kier alpha value is 1.18. The van der Waals surface area contributed by atoms with Crippen LogP contribution in [-0.2, 0) is 0 Å². The maximum Gasteiger partial charge on any atom is 0.0354 e. The zero-order valence-electron chi connectivity index (χ0n) is 2.92. The van der Waals surface area contributed by atoms with Gasteiger partial charge in [0.05, 0.1) is 0 Å². The summed E-state index contributed by atoms with van der Waals surface area (Å²) < 4.78 is 1.11. The highest BCUT2D eigenvalue weighted by Gasteiger charge is 1.78. The molecule has 0 saturated heterocycles. The lowest BCUT2D eigenvalue weighted by atomic mass is 10.8. The van der Waals surface area contributed by atoms with E-state index in [1.54, 1.807) is 0 Å². The Morgan fingerprint density at radius 1 is 1.67 bits per heavy atom. The standard InChI is InChI=1S/C3H3Br3/c4-1-3(6)2-5/h1H,2H2/b3-1+. The van der Waals surface area contributed by atoms with Crippen LogP contribution in [0.3, 0.4) is 0 Å². The number of hydrogen-bond donors (Lipinski definition) is 0. The molecule has 0 saturated carbocycles. The third-order valence-electron chi connectivity index (χ3n) is 0.246. The Morgan fingerprint density at radius 2 is 2.17 bits per heavy atom. The first kappa shape index (κ1) is 7.18. The summed E-state index contributed by atoms with van der Waals surface area (Å²) in [4.78, 5) is 1.82. The van der Waals surface area contributed by atoms with Crippen molar-refractivity contribution in [3.8, 4) is 0 Å². The van der Waals surface area contributed by atoms with Crippen molar-refractivity contribution in [1.82, 2.24) is 0 Å². The van der Waals surface area contributed by atoms with Crippen molar-refractivity contribution < 1.29 is 0 Å². The molecule has 0 aliphatic rings. The maximum absolute atomic E-state index is 3.24. The predicted molar refractivity (Wildman–Crippen MR) is 39.7 cm³/mol. The monoisotopic (exact) mass is 276 g/mol. The van der Waals surface area contributed by atoms with Gasteiger partial charge >= 0.3 is 0 Å². The molecular weight excluding hydrogens is 276 g/mol. The Balaban J connectivity index is 3.22. The van der Waals surface area contributed by atoms with E-state index < -0.39 is 0 Å². The van der Waals surface area contributed by atoms with E-state index in [4.69, 9.17) is 0 Å². The average molecular weight is 279 g/mol. The molecule has 0 unspecified atom stereocenters. The lowest BCUT2D eigenvalue weighted by Gasteiger charge is -1.79. The zero-order valence-corrected chi connectivity index (χ0v) is 7.68. The summed E-state index contributed by atoms with van der Waals surface area (Å²) >= 11 is 9.61. The number of hydrogen-bond acceptors (Lipinski definition) is 0. The summed E-state index contributed by atoms with van der Waals surface area (Å²) in [5.41, 5.74) is 0. The molecule has 3 heteroatoms. The van der Waals surface area contributed by atoms with Crippen molar-refractivity contribution in [3.05, 3.63) is 9.47 Å². The molecule has 0 heterocycles. The molecule has 0 bridgehead atoms. The SMILES string of the molecule is Br/C=C(/Br)CBr. The van der Waals surface area contributed by atoms with Crippen LogP contribution in [0.4, 0.5) is 0 Å². The Bertz CT molecular complexity index is 57.1. The Kier molecular flexibility index (Phi) is 5.20. The summed E-state index contributed by atoms with van der Waals surface area (Å²) in [6.07, 6.45) is 0. The minimum absolute atomic E-state index is 0.873. The van der Waals surface area contributed by atoms with E-state index in [-0.39, 0.29) is 0 Å². The zero-order chi connectivity index (χ0) is 4.99. The summed E-state index contributed by atoms with van der Waals surface area (Å²) in [7, 11) is 0. The van der Waals surface area contributed by atoms with Gasteiger partial charge < -0.3 is 0 Å². The molecule has 0 aliphatic heterocycles. The van der Waals surface area contributed by atoms with Crippen LogP contribution < -0.4 is 0 Å². The van der Waals surface area contributed by atoms with E-state index in [1.165, 1.54) is 0 Å². The molecule has 36 valence electrons. The average Bonchev–Trinajstić information content (AvgIpc) is 1.65. The van der Waals surface area contributed by atoms with Crippen LogP contribution in [0.5, 0.6) is 0 Å². The molecule has 0 rings (SSSR count).